The van der Waals surface area contributed by atoms with E-state index in [2.05, 4.69) is 25.8 Å². The summed E-state index contributed by atoms with van der Waals surface area (Å²) in [5.74, 6) is 2.09. The van der Waals surface area contributed by atoms with Crippen LogP contribution in [-0.4, -0.2) is 57.4 Å². The summed E-state index contributed by atoms with van der Waals surface area (Å²) in [4.78, 5) is 33.5. The minimum Gasteiger partial charge on any atom is -0.341 e. The van der Waals surface area contributed by atoms with Crippen molar-refractivity contribution in [1.82, 2.24) is 14.8 Å². The van der Waals surface area contributed by atoms with Crippen molar-refractivity contribution in [2.75, 3.05) is 24.7 Å². The van der Waals surface area contributed by atoms with Gasteiger partial charge in [0, 0.05) is 37.7 Å². The second-order valence-corrected chi connectivity index (χ2v) is 9.61. The summed E-state index contributed by atoms with van der Waals surface area (Å²) in [6, 6.07) is 3.81. The van der Waals surface area contributed by atoms with E-state index >= 15 is 0 Å². The van der Waals surface area contributed by atoms with Crippen LogP contribution in [-0.2, 0) is 16.0 Å². The molecule has 142 valence electrons. The Hall–Kier alpha value is -1.56. The van der Waals surface area contributed by atoms with Crippen molar-refractivity contribution in [1.29, 1.82) is 0 Å². The molecule has 2 atom stereocenters. The fourth-order valence-corrected chi connectivity index (χ4v) is 4.88. The van der Waals surface area contributed by atoms with E-state index in [0.29, 0.717) is 18.2 Å². The van der Waals surface area contributed by atoms with Crippen LogP contribution in [0.1, 0.15) is 39.2 Å². The molecule has 2 fully saturated rings. The van der Waals surface area contributed by atoms with Crippen LogP contribution < -0.4 is 0 Å². The molecule has 0 spiro atoms. The van der Waals surface area contributed by atoms with Crippen LogP contribution in [0, 0.1) is 11.3 Å². The molecule has 0 bridgehead atoms. The van der Waals surface area contributed by atoms with Crippen LogP contribution in [0.2, 0.25) is 0 Å². The Balaban J connectivity index is 1.57. The van der Waals surface area contributed by atoms with Gasteiger partial charge in [0.25, 0.3) is 0 Å². The highest BCUT2D eigenvalue weighted by Gasteiger charge is 2.39. The lowest BCUT2D eigenvalue weighted by molar-refractivity contribution is -0.143. The second kappa shape index (κ2) is 7.99. The van der Waals surface area contributed by atoms with Gasteiger partial charge in [0.15, 0.2) is 0 Å². The molecule has 1 aromatic rings. The molecular formula is C20H29N3O2S. The van der Waals surface area contributed by atoms with Crippen LogP contribution in [0.3, 0.4) is 0 Å². The van der Waals surface area contributed by atoms with Gasteiger partial charge in [-0.15, -0.1) is 11.8 Å². The first kappa shape index (κ1) is 19.2. The average molecular weight is 376 g/mol. The number of amides is 2. The Morgan fingerprint density at radius 2 is 2.00 bits per heavy atom. The maximum atomic E-state index is 13.0. The quantitative estimate of drug-likeness (QED) is 0.812. The molecule has 0 radical (unpaired) electrons. The third-order valence-corrected chi connectivity index (χ3v) is 6.05. The van der Waals surface area contributed by atoms with E-state index in [9.17, 15) is 9.59 Å². The predicted molar refractivity (Wildman–Crippen MR) is 105 cm³/mol. The van der Waals surface area contributed by atoms with Gasteiger partial charge in [-0.2, -0.15) is 0 Å². The van der Waals surface area contributed by atoms with Gasteiger partial charge in [-0.25, -0.2) is 0 Å². The van der Waals surface area contributed by atoms with Crippen molar-refractivity contribution >= 4 is 23.6 Å². The fraction of sp³-hybridized carbons (Fsp3) is 0.650. The number of likely N-dealkylation sites (tertiary alicyclic amines) is 1. The minimum absolute atomic E-state index is 0.0543. The largest absolute Gasteiger partial charge is 0.341 e. The molecule has 3 heterocycles. The van der Waals surface area contributed by atoms with E-state index in [1.54, 1.807) is 16.7 Å². The monoisotopic (exact) mass is 375 g/mol. The molecule has 0 saturated carbocycles. The Morgan fingerprint density at radius 1 is 1.27 bits per heavy atom. The highest BCUT2D eigenvalue weighted by molar-refractivity contribution is 7.99. The molecule has 2 aliphatic heterocycles. The van der Waals surface area contributed by atoms with Crippen LogP contribution >= 0.6 is 11.8 Å². The topological polar surface area (TPSA) is 53.5 Å². The molecule has 1 aromatic heterocycles. The molecular weight excluding hydrogens is 346 g/mol. The average Bonchev–Trinajstić information content (AvgIpc) is 3.23. The number of aromatic nitrogens is 1. The van der Waals surface area contributed by atoms with Gasteiger partial charge in [-0.05, 0) is 41.9 Å². The molecule has 0 aromatic carbocycles. The van der Waals surface area contributed by atoms with E-state index < -0.39 is 0 Å². The maximum absolute atomic E-state index is 13.0. The Kier molecular flexibility index (Phi) is 5.90. The van der Waals surface area contributed by atoms with E-state index in [-0.39, 0.29) is 23.3 Å². The summed E-state index contributed by atoms with van der Waals surface area (Å²) < 4.78 is 0. The third kappa shape index (κ3) is 4.78. The third-order valence-electron chi connectivity index (χ3n) is 5.04. The van der Waals surface area contributed by atoms with E-state index in [1.807, 2.05) is 29.4 Å². The molecule has 0 aliphatic carbocycles. The molecule has 3 rings (SSSR count). The van der Waals surface area contributed by atoms with Gasteiger partial charge >= 0.3 is 0 Å². The van der Waals surface area contributed by atoms with E-state index in [1.165, 1.54) is 5.56 Å². The molecule has 2 amide bonds. The zero-order valence-electron chi connectivity index (χ0n) is 16.0. The highest BCUT2D eigenvalue weighted by Crippen LogP contribution is 2.29. The molecule has 0 N–H and O–H groups in total. The van der Waals surface area contributed by atoms with Gasteiger partial charge < -0.3 is 9.80 Å². The number of carbonyl (C=O) groups excluding carboxylic acids is 2. The summed E-state index contributed by atoms with van der Waals surface area (Å²) in [7, 11) is 0. The number of hydrogen-bond donors (Lipinski definition) is 0. The lowest BCUT2D eigenvalue weighted by atomic mass is 9.91. The summed E-state index contributed by atoms with van der Waals surface area (Å²) in [5.41, 5.74) is 1.22. The van der Waals surface area contributed by atoms with Gasteiger partial charge in [0.05, 0.1) is 5.88 Å². The Bertz CT molecular complexity index is 644. The van der Waals surface area contributed by atoms with Crippen molar-refractivity contribution in [3.63, 3.8) is 0 Å². The summed E-state index contributed by atoms with van der Waals surface area (Å²) in [5, 5.41) is 0. The number of pyridine rings is 1. The van der Waals surface area contributed by atoms with E-state index in [0.717, 1.165) is 31.7 Å². The van der Waals surface area contributed by atoms with Gasteiger partial charge in [-0.1, -0.05) is 20.8 Å². The molecule has 2 saturated heterocycles. The normalized spacial score (nSPS) is 23.5. The molecule has 5 nitrogen and oxygen atoms in total. The van der Waals surface area contributed by atoms with Crippen LogP contribution in [0.15, 0.2) is 24.5 Å². The van der Waals surface area contributed by atoms with Crippen molar-refractivity contribution in [3.8, 4) is 0 Å². The first-order valence-corrected chi connectivity index (χ1v) is 10.5. The lowest BCUT2D eigenvalue weighted by Crippen LogP contribution is -2.49. The fourth-order valence-electron chi connectivity index (χ4n) is 3.71. The van der Waals surface area contributed by atoms with Crippen molar-refractivity contribution in [3.05, 3.63) is 30.1 Å². The van der Waals surface area contributed by atoms with E-state index in [4.69, 9.17) is 0 Å². The lowest BCUT2D eigenvalue weighted by Gasteiger charge is -2.29. The number of carbonyl (C=O) groups is 2. The maximum Gasteiger partial charge on any atom is 0.246 e. The number of thioether (sulfide) groups is 1. The molecule has 26 heavy (non-hydrogen) atoms. The zero-order valence-corrected chi connectivity index (χ0v) is 16.8. The van der Waals surface area contributed by atoms with Crippen molar-refractivity contribution in [2.24, 2.45) is 11.3 Å². The summed E-state index contributed by atoms with van der Waals surface area (Å²) in [6.45, 7) is 7.79. The standard InChI is InChI=1S/C20H29N3O2S/c1-20(2,3)11-18(24)23-14-26-13-17(23)19(25)22-9-6-16(12-22)10-15-4-7-21-8-5-15/h4-5,7-8,16-17H,6,9-14H2,1-3H3. The molecule has 6 heteroatoms. The SMILES string of the molecule is CC(C)(C)CC(=O)N1CSCC1C(=O)N1CCC(Cc2ccncc2)C1. The first-order valence-electron chi connectivity index (χ1n) is 9.38. The zero-order chi connectivity index (χ0) is 18.7. The number of rotatable bonds is 4. The Morgan fingerprint density at radius 3 is 2.69 bits per heavy atom. The van der Waals surface area contributed by atoms with Gasteiger partial charge in [0.1, 0.15) is 6.04 Å². The minimum atomic E-state index is -0.283. The Labute approximate surface area is 160 Å². The summed E-state index contributed by atoms with van der Waals surface area (Å²) in [6.07, 6.45) is 6.15. The van der Waals surface area contributed by atoms with Crippen LogP contribution in [0.25, 0.3) is 0 Å². The smallest absolute Gasteiger partial charge is 0.246 e. The molecule has 2 aliphatic rings. The van der Waals surface area contributed by atoms with Crippen LogP contribution in [0.5, 0.6) is 0 Å². The van der Waals surface area contributed by atoms with Crippen molar-refractivity contribution in [2.45, 2.75) is 46.1 Å². The van der Waals surface area contributed by atoms with Gasteiger partial charge in [0.2, 0.25) is 11.8 Å². The van der Waals surface area contributed by atoms with Crippen LogP contribution in [0.4, 0.5) is 0 Å². The number of nitrogens with zero attached hydrogens (tertiary/aromatic N) is 3. The number of hydrogen-bond acceptors (Lipinski definition) is 4. The first-order chi connectivity index (χ1) is 12.3. The van der Waals surface area contributed by atoms with Crippen molar-refractivity contribution < 1.29 is 9.59 Å². The highest BCUT2D eigenvalue weighted by atomic mass is 32.2. The second-order valence-electron chi connectivity index (χ2n) is 8.62. The summed E-state index contributed by atoms with van der Waals surface area (Å²) >= 11 is 1.69. The predicted octanol–water partition coefficient (Wildman–Crippen LogP) is 2.81. The molecule has 2 unspecified atom stereocenters. The van der Waals surface area contributed by atoms with Gasteiger partial charge in [-0.3, -0.25) is 14.6 Å².